The standard InChI is InChI=1S/C18H24N4O2/c1-13-17(12-22(3)20-13)18(23)19-14-4-6-15(7-5-14)24-16-8-10-21(2)11-9-16/h4-7,12,16H,8-11H2,1-3H3,(H,19,23). The van der Waals surface area contributed by atoms with E-state index in [0.29, 0.717) is 5.56 Å². The van der Waals surface area contributed by atoms with E-state index < -0.39 is 0 Å². The Morgan fingerprint density at radius 3 is 2.46 bits per heavy atom. The van der Waals surface area contributed by atoms with Gasteiger partial charge in [0, 0.05) is 32.0 Å². The van der Waals surface area contributed by atoms with Crippen LogP contribution >= 0.6 is 0 Å². The van der Waals surface area contributed by atoms with Gasteiger partial charge in [-0.25, -0.2) is 0 Å². The van der Waals surface area contributed by atoms with E-state index in [9.17, 15) is 4.79 Å². The lowest BCUT2D eigenvalue weighted by molar-refractivity contribution is 0.102. The highest BCUT2D eigenvalue weighted by molar-refractivity contribution is 6.04. The summed E-state index contributed by atoms with van der Waals surface area (Å²) < 4.78 is 7.66. The average molecular weight is 328 g/mol. The van der Waals surface area contributed by atoms with E-state index in [1.54, 1.807) is 17.9 Å². The van der Waals surface area contributed by atoms with E-state index in [1.807, 2.05) is 31.2 Å². The molecular formula is C18H24N4O2. The minimum atomic E-state index is -0.149. The Balaban J connectivity index is 1.58. The number of aryl methyl sites for hydroxylation is 2. The summed E-state index contributed by atoms with van der Waals surface area (Å²) in [7, 11) is 3.94. The number of likely N-dealkylation sites (tertiary alicyclic amines) is 1. The van der Waals surface area contributed by atoms with Crippen molar-refractivity contribution < 1.29 is 9.53 Å². The molecule has 1 aromatic carbocycles. The van der Waals surface area contributed by atoms with Gasteiger partial charge in [-0.15, -0.1) is 0 Å². The van der Waals surface area contributed by atoms with Gasteiger partial charge >= 0.3 is 0 Å². The number of ether oxygens (including phenoxy) is 1. The molecular weight excluding hydrogens is 304 g/mol. The van der Waals surface area contributed by atoms with Crippen molar-refractivity contribution in [3.05, 3.63) is 41.7 Å². The number of nitrogens with one attached hydrogen (secondary N) is 1. The Morgan fingerprint density at radius 2 is 1.88 bits per heavy atom. The Morgan fingerprint density at radius 1 is 1.21 bits per heavy atom. The molecule has 1 saturated heterocycles. The monoisotopic (exact) mass is 328 g/mol. The Bertz CT molecular complexity index is 700. The Labute approximate surface area is 142 Å². The smallest absolute Gasteiger partial charge is 0.259 e. The number of nitrogens with zero attached hydrogens (tertiary/aromatic N) is 3. The van der Waals surface area contributed by atoms with Crippen LogP contribution in [0.2, 0.25) is 0 Å². The van der Waals surface area contributed by atoms with Gasteiger partial charge in [-0.1, -0.05) is 0 Å². The lowest BCUT2D eigenvalue weighted by atomic mass is 10.1. The molecule has 0 atom stereocenters. The van der Waals surface area contributed by atoms with Crippen molar-refractivity contribution in [3.63, 3.8) is 0 Å². The van der Waals surface area contributed by atoms with Crippen molar-refractivity contribution in [1.29, 1.82) is 0 Å². The molecule has 0 radical (unpaired) electrons. The van der Waals surface area contributed by atoms with Crippen LogP contribution in [0.3, 0.4) is 0 Å². The predicted molar refractivity (Wildman–Crippen MR) is 93.5 cm³/mol. The fourth-order valence-electron chi connectivity index (χ4n) is 2.93. The van der Waals surface area contributed by atoms with Gasteiger partial charge in [-0.2, -0.15) is 5.10 Å². The van der Waals surface area contributed by atoms with Crippen LogP contribution in [-0.2, 0) is 7.05 Å². The normalized spacial score (nSPS) is 16.1. The molecule has 1 aliphatic rings. The molecule has 6 heteroatoms. The molecule has 0 aliphatic carbocycles. The summed E-state index contributed by atoms with van der Waals surface area (Å²) in [6.07, 6.45) is 4.10. The number of piperidine rings is 1. The zero-order valence-electron chi connectivity index (χ0n) is 14.5. The number of aromatic nitrogens is 2. The second kappa shape index (κ2) is 7.05. The van der Waals surface area contributed by atoms with E-state index in [4.69, 9.17) is 4.74 Å². The molecule has 0 saturated carbocycles. The highest BCUT2D eigenvalue weighted by Crippen LogP contribution is 2.21. The minimum absolute atomic E-state index is 0.149. The molecule has 128 valence electrons. The lowest BCUT2D eigenvalue weighted by Gasteiger charge is -2.29. The summed E-state index contributed by atoms with van der Waals surface area (Å²) >= 11 is 0. The molecule has 1 N–H and O–H groups in total. The fourth-order valence-corrected chi connectivity index (χ4v) is 2.93. The first kappa shape index (κ1) is 16.5. The number of carbonyl (C=O) groups excluding carboxylic acids is 1. The van der Waals surface area contributed by atoms with Crippen molar-refractivity contribution in [3.8, 4) is 5.75 Å². The summed E-state index contributed by atoms with van der Waals surface area (Å²) in [5.74, 6) is 0.699. The summed E-state index contributed by atoms with van der Waals surface area (Å²) in [4.78, 5) is 14.6. The largest absolute Gasteiger partial charge is 0.490 e. The van der Waals surface area contributed by atoms with Crippen molar-refractivity contribution in [2.24, 2.45) is 7.05 Å². The molecule has 24 heavy (non-hydrogen) atoms. The van der Waals surface area contributed by atoms with Crippen LogP contribution in [0.4, 0.5) is 5.69 Å². The third-order valence-electron chi connectivity index (χ3n) is 4.34. The topological polar surface area (TPSA) is 59.4 Å². The highest BCUT2D eigenvalue weighted by atomic mass is 16.5. The van der Waals surface area contributed by atoms with Gasteiger partial charge < -0.3 is 15.0 Å². The molecule has 0 bridgehead atoms. The van der Waals surface area contributed by atoms with Gasteiger partial charge in [-0.05, 0) is 51.1 Å². The van der Waals surface area contributed by atoms with Crippen LogP contribution in [0.15, 0.2) is 30.5 Å². The van der Waals surface area contributed by atoms with Crippen LogP contribution in [0.5, 0.6) is 5.75 Å². The molecule has 1 aromatic heterocycles. The average Bonchev–Trinajstić information content (AvgIpc) is 2.90. The second-order valence-corrected chi connectivity index (χ2v) is 6.40. The van der Waals surface area contributed by atoms with Crippen molar-refractivity contribution in [2.75, 3.05) is 25.5 Å². The van der Waals surface area contributed by atoms with Crippen LogP contribution in [0.1, 0.15) is 28.9 Å². The Hall–Kier alpha value is -2.34. The van der Waals surface area contributed by atoms with Gasteiger partial charge in [0.05, 0.1) is 11.3 Å². The zero-order valence-corrected chi connectivity index (χ0v) is 14.5. The van der Waals surface area contributed by atoms with E-state index >= 15 is 0 Å². The second-order valence-electron chi connectivity index (χ2n) is 6.40. The lowest BCUT2D eigenvalue weighted by Crippen LogP contribution is -2.35. The number of amides is 1. The summed E-state index contributed by atoms with van der Waals surface area (Å²) in [5, 5.41) is 7.09. The van der Waals surface area contributed by atoms with Crippen molar-refractivity contribution >= 4 is 11.6 Å². The molecule has 1 amide bonds. The highest BCUT2D eigenvalue weighted by Gasteiger charge is 2.18. The number of rotatable bonds is 4. The maximum Gasteiger partial charge on any atom is 0.259 e. The molecule has 0 unspecified atom stereocenters. The first-order valence-electron chi connectivity index (χ1n) is 8.28. The number of benzene rings is 1. The summed E-state index contributed by atoms with van der Waals surface area (Å²) in [6.45, 7) is 3.97. The van der Waals surface area contributed by atoms with E-state index in [0.717, 1.165) is 43.1 Å². The fraction of sp³-hybridized carbons (Fsp3) is 0.444. The van der Waals surface area contributed by atoms with Crippen molar-refractivity contribution in [2.45, 2.75) is 25.9 Å². The molecule has 2 heterocycles. The number of hydrogen-bond acceptors (Lipinski definition) is 4. The maximum atomic E-state index is 12.3. The van der Waals surface area contributed by atoms with Crippen LogP contribution < -0.4 is 10.1 Å². The molecule has 1 aliphatic heterocycles. The van der Waals surface area contributed by atoms with Crippen LogP contribution in [0.25, 0.3) is 0 Å². The van der Waals surface area contributed by atoms with Gasteiger partial charge in [0.25, 0.3) is 5.91 Å². The first-order chi connectivity index (χ1) is 11.5. The van der Waals surface area contributed by atoms with Gasteiger partial charge in [0.1, 0.15) is 11.9 Å². The number of hydrogen-bond donors (Lipinski definition) is 1. The van der Waals surface area contributed by atoms with Crippen LogP contribution in [-0.4, -0.2) is 46.8 Å². The van der Waals surface area contributed by atoms with Gasteiger partial charge in [0.15, 0.2) is 0 Å². The van der Waals surface area contributed by atoms with E-state index in [1.165, 1.54) is 0 Å². The van der Waals surface area contributed by atoms with E-state index in [-0.39, 0.29) is 12.0 Å². The first-order valence-corrected chi connectivity index (χ1v) is 8.28. The Kier molecular flexibility index (Phi) is 4.85. The third kappa shape index (κ3) is 3.94. The SMILES string of the molecule is Cc1nn(C)cc1C(=O)Nc1ccc(OC2CCN(C)CC2)cc1. The van der Waals surface area contributed by atoms with Gasteiger partial charge in [-0.3, -0.25) is 9.48 Å². The quantitative estimate of drug-likeness (QED) is 0.936. The van der Waals surface area contributed by atoms with Crippen molar-refractivity contribution in [1.82, 2.24) is 14.7 Å². The number of carbonyl (C=O) groups is 1. The predicted octanol–water partition coefficient (Wildman–Crippen LogP) is 2.45. The molecule has 1 fully saturated rings. The van der Waals surface area contributed by atoms with Gasteiger partial charge in [0.2, 0.25) is 0 Å². The maximum absolute atomic E-state index is 12.3. The molecule has 2 aromatic rings. The number of anilines is 1. The minimum Gasteiger partial charge on any atom is -0.490 e. The summed E-state index contributed by atoms with van der Waals surface area (Å²) in [6, 6.07) is 7.55. The third-order valence-corrected chi connectivity index (χ3v) is 4.34. The van der Waals surface area contributed by atoms with Crippen LogP contribution in [0, 0.1) is 6.92 Å². The molecule has 3 rings (SSSR count). The summed E-state index contributed by atoms with van der Waals surface area (Å²) in [5.41, 5.74) is 2.06. The molecule has 6 nitrogen and oxygen atoms in total. The molecule has 0 spiro atoms. The van der Waals surface area contributed by atoms with E-state index in [2.05, 4.69) is 22.4 Å². The zero-order chi connectivity index (χ0) is 17.1.